The van der Waals surface area contributed by atoms with E-state index in [4.69, 9.17) is 0 Å². The summed E-state index contributed by atoms with van der Waals surface area (Å²) in [7, 11) is 0. The van der Waals surface area contributed by atoms with E-state index in [9.17, 15) is 14.7 Å². The molecule has 6 nitrogen and oxygen atoms in total. The maximum atomic E-state index is 12.8. The topological polar surface area (TPSA) is 95.1 Å². The number of carbonyl (C=O) groups is 2. The highest BCUT2D eigenvalue weighted by Crippen LogP contribution is 2.36. The fourth-order valence-electron chi connectivity index (χ4n) is 3.29. The van der Waals surface area contributed by atoms with Crippen LogP contribution in [0.3, 0.4) is 0 Å². The van der Waals surface area contributed by atoms with Gasteiger partial charge < -0.3 is 15.4 Å². The van der Waals surface area contributed by atoms with Crippen LogP contribution in [0.2, 0.25) is 0 Å². The van der Waals surface area contributed by atoms with Crippen molar-refractivity contribution < 1.29 is 14.7 Å². The van der Waals surface area contributed by atoms with Gasteiger partial charge in [-0.1, -0.05) is 37.8 Å². The van der Waals surface area contributed by atoms with Gasteiger partial charge in [0.2, 0.25) is 5.91 Å². The molecule has 6 heteroatoms. The average molecular weight is 327 g/mol. The number of benzene rings is 1. The Balaban J connectivity index is 1.83. The molecule has 24 heavy (non-hydrogen) atoms. The summed E-state index contributed by atoms with van der Waals surface area (Å²) < 4.78 is 0. The number of nitrogens with zero attached hydrogens (tertiary/aromatic N) is 1. The Morgan fingerprint density at radius 3 is 2.54 bits per heavy atom. The molecule has 1 aliphatic rings. The lowest BCUT2D eigenvalue weighted by molar-refractivity contribution is -0.155. The molecule has 3 N–H and O–H groups in total. The molecule has 0 saturated heterocycles. The van der Waals surface area contributed by atoms with E-state index in [1.165, 1.54) is 0 Å². The van der Waals surface area contributed by atoms with Crippen LogP contribution in [0.1, 0.15) is 38.5 Å². The Kier molecular flexibility index (Phi) is 4.64. The number of H-pyrrole nitrogens is 1. The van der Waals surface area contributed by atoms with Gasteiger partial charge in [0.25, 0.3) is 0 Å². The molecule has 1 heterocycles. The van der Waals surface area contributed by atoms with Crippen molar-refractivity contribution in [1.82, 2.24) is 9.97 Å². The van der Waals surface area contributed by atoms with Gasteiger partial charge in [-0.25, -0.2) is 4.98 Å². The van der Waals surface area contributed by atoms with Crippen molar-refractivity contribution in [2.24, 2.45) is 5.41 Å². The summed E-state index contributed by atoms with van der Waals surface area (Å²) in [6.45, 7) is 0. The molecule has 2 aromatic rings. The van der Waals surface area contributed by atoms with E-state index in [2.05, 4.69) is 15.3 Å². The number of carbonyl (C=O) groups excluding carboxylic acids is 1. The van der Waals surface area contributed by atoms with Crippen molar-refractivity contribution in [3.05, 3.63) is 36.7 Å². The number of carboxylic acid groups (broad SMARTS) is 1. The lowest BCUT2D eigenvalue weighted by Gasteiger charge is -2.26. The van der Waals surface area contributed by atoms with Crippen LogP contribution < -0.4 is 5.32 Å². The smallest absolute Gasteiger partial charge is 0.319 e. The first-order chi connectivity index (χ1) is 11.6. The van der Waals surface area contributed by atoms with Gasteiger partial charge in [-0.05, 0) is 25.0 Å². The van der Waals surface area contributed by atoms with E-state index in [0.29, 0.717) is 24.4 Å². The molecule has 1 aliphatic carbocycles. The number of aliphatic carboxylic acids is 1. The molecular formula is C18H21N3O3. The van der Waals surface area contributed by atoms with E-state index in [1.54, 1.807) is 24.5 Å². The number of anilines is 1. The van der Waals surface area contributed by atoms with Crippen LogP contribution in [-0.2, 0) is 9.59 Å². The van der Waals surface area contributed by atoms with Crippen molar-refractivity contribution in [3.8, 4) is 11.4 Å². The molecule has 0 aliphatic heterocycles. The molecule has 0 spiro atoms. The lowest BCUT2D eigenvalue weighted by atomic mass is 9.79. The Bertz CT molecular complexity index is 717. The van der Waals surface area contributed by atoms with Gasteiger partial charge in [-0.2, -0.15) is 0 Å². The van der Waals surface area contributed by atoms with E-state index >= 15 is 0 Å². The van der Waals surface area contributed by atoms with E-state index in [1.807, 2.05) is 12.1 Å². The number of imidazole rings is 1. The normalized spacial score (nSPS) is 17.0. The third kappa shape index (κ3) is 3.18. The molecular weight excluding hydrogens is 306 g/mol. The Morgan fingerprint density at radius 1 is 1.17 bits per heavy atom. The summed E-state index contributed by atoms with van der Waals surface area (Å²) in [6.07, 6.45) is 7.68. The van der Waals surface area contributed by atoms with Crippen LogP contribution in [0.5, 0.6) is 0 Å². The van der Waals surface area contributed by atoms with Crippen molar-refractivity contribution in [3.63, 3.8) is 0 Å². The summed E-state index contributed by atoms with van der Waals surface area (Å²) in [6, 6.07) is 7.25. The van der Waals surface area contributed by atoms with Crippen LogP contribution in [0.15, 0.2) is 36.7 Å². The minimum Gasteiger partial charge on any atom is -0.480 e. The molecule has 3 rings (SSSR count). The van der Waals surface area contributed by atoms with Crippen LogP contribution in [-0.4, -0.2) is 27.0 Å². The highest BCUT2D eigenvalue weighted by molar-refractivity contribution is 6.08. The molecule has 0 radical (unpaired) electrons. The summed E-state index contributed by atoms with van der Waals surface area (Å²) in [5.74, 6) is -0.744. The average Bonchev–Trinajstić information content (AvgIpc) is 2.99. The number of nitrogens with one attached hydrogen (secondary N) is 2. The van der Waals surface area contributed by atoms with Gasteiger partial charge in [-0.15, -0.1) is 0 Å². The van der Waals surface area contributed by atoms with Gasteiger partial charge in [0.15, 0.2) is 0 Å². The number of hydrogen-bond donors (Lipinski definition) is 3. The van der Waals surface area contributed by atoms with Gasteiger partial charge in [0, 0.05) is 23.6 Å². The number of aromatic amines is 1. The van der Waals surface area contributed by atoms with Gasteiger partial charge in [-0.3, -0.25) is 9.59 Å². The second-order valence-corrected chi connectivity index (χ2v) is 6.27. The SMILES string of the molecule is O=C(O)C1(C(=O)Nc2cccc(-c3ncc[nH]3)c2)CCCCCC1. The fourth-order valence-corrected chi connectivity index (χ4v) is 3.29. The second kappa shape index (κ2) is 6.86. The molecule has 1 aromatic carbocycles. The molecule has 1 aromatic heterocycles. The van der Waals surface area contributed by atoms with Crippen LogP contribution >= 0.6 is 0 Å². The molecule has 0 unspecified atom stereocenters. The van der Waals surface area contributed by atoms with E-state index < -0.39 is 17.3 Å². The summed E-state index contributed by atoms with van der Waals surface area (Å²) in [4.78, 5) is 31.8. The highest BCUT2D eigenvalue weighted by atomic mass is 16.4. The second-order valence-electron chi connectivity index (χ2n) is 6.27. The van der Waals surface area contributed by atoms with E-state index in [-0.39, 0.29) is 0 Å². The summed E-state index contributed by atoms with van der Waals surface area (Å²) in [5, 5.41) is 12.5. The minimum atomic E-state index is -1.32. The monoisotopic (exact) mass is 327 g/mol. The number of hydrogen-bond acceptors (Lipinski definition) is 3. The largest absolute Gasteiger partial charge is 0.480 e. The molecule has 1 amide bonds. The fraction of sp³-hybridized carbons (Fsp3) is 0.389. The summed E-state index contributed by atoms with van der Waals surface area (Å²) in [5.41, 5.74) is 0.0961. The third-order valence-electron chi connectivity index (χ3n) is 4.69. The Hall–Kier alpha value is -2.63. The molecule has 1 fully saturated rings. The molecule has 1 saturated carbocycles. The van der Waals surface area contributed by atoms with Crippen molar-refractivity contribution in [2.75, 3.05) is 5.32 Å². The maximum Gasteiger partial charge on any atom is 0.319 e. The lowest BCUT2D eigenvalue weighted by Crippen LogP contribution is -2.42. The predicted octanol–water partition coefficient (Wildman–Crippen LogP) is 3.44. The first-order valence-corrected chi connectivity index (χ1v) is 8.26. The Morgan fingerprint density at radius 2 is 1.92 bits per heavy atom. The standard InChI is InChI=1S/C18H21N3O3/c22-16(18(17(23)24)8-3-1-2-4-9-18)21-14-7-5-6-13(12-14)15-19-10-11-20-15/h5-7,10-12H,1-4,8-9H2,(H,19,20)(H,21,22)(H,23,24). The van der Waals surface area contributed by atoms with Crippen LogP contribution in [0.4, 0.5) is 5.69 Å². The van der Waals surface area contributed by atoms with Crippen molar-refractivity contribution in [2.45, 2.75) is 38.5 Å². The van der Waals surface area contributed by atoms with Crippen LogP contribution in [0.25, 0.3) is 11.4 Å². The molecule has 0 bridgehead atoms. The first-order valence-electron chi connectivity index (χ1n) is 8.26. The number of carboxylic acids is 1. The maximum absolute atomic E-state index is 12.8. The Labute approximate surface area is 140 Å². The summed E-state index contributed by atoms with van der Waals surface area (Å²) >= 11 is 0. The number of aromatic nitrogens is 2. The van der Waals surface area contributed by atoms with E-state index in [0.717, 1.165) is 31.2 Å². The van der Waals surface area contributed by atoms with Crippen molar-refractivity contribution >= 4 is 17.6 Å². The minimum absolute atomic E-state index is 0.395. The van der Waals surface area contributed by atoms with Gasteiger partial charge in [0.1, 0.15) is 11.2 Å². The first kappa shape index (κ1) is 16.2. The highest BCUT2D eigenvalue weighted by Gasteiger charge is 2.45. The van der Waals surface area contributed by atoms with Crippen molar-refractivity contribution in [1.29, 1.82) is 0 Å². The quantitative estimate of drug-likeness (QED) is 0.592. The number of amides is 1. The predicted molar refractivity (Wildman–Crippen MR) is 90.4 cm³/mol. The third-order valence-corrected chi connectivity index (χ3v) is 4.69. The zero-order valence-electron chi connectivity index (χ0n) is 13.4. The molecule has 126 valence electrons. The van der Waals surface area contributed by atoms with Gasteiger partial charge >= 0.3 is 5.97 Å². The number of rotatable bonds is 4. The zero-order valence-corrected chi connectivity index (χ0v) is 13.4. The molecule has 0 atom stereocenters. The zero-order chi connectivity index (χ0) is 17.0. The van der Waals surface area contributed by atoms with Crippen LogP contribution in [0, 0.1) is 5.41 Å². The van der Waals surface area contributed by atoms with Gasteiger partial charge in [0.05, 0.1) is 0 Å².